The Morgan fingerprint density at radius 1 is 1.13 bits per heavy atom. The molecule has 2 aliphatic rings. The molecule has 0 heterocycles. The van der Waals surface area contributed by atoms with Crippen molar-refractivity contribution in [3.05, 3.63) is 0 Å². The number of rotatable bonds is 1. The molecule has 3 atom stereocenters. The third-order valence-electron chi connectivity index (χ3n) is 3.79. The normalized spacial score (nSPS) is 35.3. The number of carbonyl (C=O) groups is 1. The van der Waals surface area contributed by atoms with Crippen LogP contribution in [-0.4, -0.2) is 11.6 Å². The van der Waals surface area contributed by atoms with Crippen molar-refractivity contribution in [1.29, 1.82) is 0 Å². The van der Waals surface area contributed by atoms with Gasteiger partial charge in [0, 0.05) is 0 Å². The van der Waals surface area contributed by atoms with Crippen LogP contribution in [0.25, 0.3) is 0 Å². The zero-order valence-corrected chi connectivity index (χ0v) is 10.1. The van der Waals surface area contributed by atoms with Gasteiger partial charge in [-0.05, 0) is 51.9 Å². The molecule has 0 aromatic carbocycles. The van der Waals surface area contributed by atoms with E-state index in [9.17, 15) is 4.79 Å². The van der Waals surface area contributed by atoms with E-state index in [1.165, 1.54) is 25.7 Å². The summed E-state index contributed by atoms with van der Waals surface area (Å²) < 4.78 is 5.49. The van der Waals surface area contributed by atoms with Crippen LogP contribution >= 0.6 is 0 Å². The zero-order valence-electron chi connectivity index (χ0n) is 10.1. The summed E-state index contributed by atoms with van der Waals surface area (Å²) in [6.07, 6.45) is 6.20. The molecule has 0 saturated heterocycles. The lowest BCUT2D eigenvalue weighted by Gasteiger charge is -2.24. The zero-order chi connectivity index (χ0) is 11.1. The minimum Gasteiger partial charge on any atom is -0.460 e. The van der Waals surface area contributed by atoms with Crippen molar-refractivity contribution in [3.63, 3.8) is 0 Å². The SMILES string of the molecule is CC(C)(C)OC(=O)[C@H]1CC[C@@H]2CCC[C@@H]21. The van der Waals surface area contributed by atoms with E-state index in [4.69, 9.17) is 4.74 Å². The van der Waals surface area contributed by atoms with Gasteiger partial charge in [-0.2, -0.15) is 0 Å². The molecule has 2 aliphatic carbocycles. The molecule has 0 aromatic heterocycles. The highest BCUT2D eigenvalue weighted by atomic mass is 16.6. The number of fused-ring (bicyclic) bond motifs is 1. The first-order valence-corrected chi connectivity index (χ1v) is 6.20. The highest BCUT2D eigenvalue weighted by molar-refractivity contribution is 5.73. The summed E-state index contributed by atoms with van der Waals surface area (Å²) >= 11 is 0. The predicted molar refractivity (Wildman–Crippen MR) is 59.4 cm³/mol. The second-order valence-corrected chi connectivity index (χ2v) is 6.07. The predicted octanol–water partition coefficient (Wildman–Crippen LogP) is 3.15. The van der Waals surface area contributed by atoms with E-state index in [-0.39, 0.29) is 17.5 Å². The largest absolute Gasteiger partial charge is 0.460 e. The van der Waals surface area contributed by atoms with Gasteiger partial charge < -0.3 is 4.74 Å². The lowest BCUT2D eigenvalue weighted by atomic mass is 9.92. The van der Waals surface area contributed by atoms with E-state index < -0.39 is 0 Å². The Morgan fingerprint density at radius 2 is 1.87 bits per heavy atom. The lowest BCUT2D eigenvalue weighted by Crippen LogP contribution is -2.30. The Bertz CT molecular complexity index is 252. The number of carbonyl (C=O) groups excluding carboxylic acids is 1. The van der Waals surface area contributed by atoms with Crippen LogP contribution in [0.15, 0.2) is 0 Å². The van der Waals surface area contributed by atoms with Gasteiger partial charge in [0.1, 0.15) is 5.60 Å². The van der Waals surface area contributed by atoms with Crippen molar-refractivity contribution in [2.75, 3.05) is 0 Å². The van der Waals surface area contributed by atoms with Crippen molar-refractivity contribution in [2.24, 2.45) is 17.8 Å². The van der Waals surface area contributed by atoms with Gasteiger partial charge >= 0.3 is 5.97 Å². The summed E-state index contributed by atoms with van der Waals surface area (Å²) in [5.41, 5.74) is -0.326. The van der Waals surface area contributed by atoms with Gasteiger partial charge in [0.25, 0.3) is 0 Å². The molecule has 86 valence electrons. The average Bonchev–Trinajstić information content (AvgIpc) is 2.57. The summed E-state index contributed by atoms with van der Waals surface area (Å²) in [6, 6.07) is 0. The molecule has 2 saturated carbocycles. The number of ether oxygens (including phenoxy) is 1. The maximum absolute atomic E-state index is 12.0. The molecule has 0 amide bonds. The Kier molecular flexibility index (Phi) is 2.78. The van der Waals surface area contributed by atoms with Gasteiger partial charge in [0.15, 0.2) is 0 Å². The van der Waals surface area contributed by atoms with Gasteiger partial charge in [-0.25, -0.2) is 0 Å². The highest BCUT2D eigenvalue weighted by Crippen LogP contribution is 2.48. The van der Waals surface area contributed by atoms with Crippen LogP contribution in [0, 0.1) is 17.8 Å². The number of esters is 1. The fraction of sp³-hybridized carbons (Fsp3) is 0.923. The van der Waals surface area contributed by atoms with Crippen LogP contribution in [0.5, 0.6) is 0 Å². The summed E-state index contributed by atoms with van der Waals surface area (Å²) in [5, 5.41) is 0. The van der Waals surface area contributed by atoms with E-state index in [2.05, 4.69) is 0 Å². The van der Waals surface area contributed by atoms with E-state index in [0.717, 1.165) is 12.3 Å². The second kappa shape index (κ2) is 3.80. The molecule has 0 unspecified atom stereocenters. The summed E-state index contributed by atoms with van der Waals surface area (Å²) in [6.45, 7) is 5.85. The van der Waals surface area contributed by atoms with Crippen LogP contribution in [0.3, 0.4) is 0 Å². The molecular formula is C13H22O2. The van der Waals surface area contributed by atoms with E-state index in [1.807, 2.05) is 20.8 Å². The van der Waals surface area contributed by atoms with Crippen molar-refractivity contribution in [2.45, 2.75) is 58.5 Å². The Labute approximate surface area is 92.4 Å². The second-order valence-electron chi connectivity index (χ2n) is 6.07. The topological polar surface area (TPSA) is 26.3 Å². The van der Waals surface area contributed by atoms with Gasteiger partial charge in [-0.1, -0.05) is 12.8 Å². The molecule has 0 aliphatic heterocycles. The maximum atomic E-state index is 12.0. The fourth-order valence-corrected chi connectivity index (χ4v) is 3.23. The molecule has 0 radical (unpaired) electrons. The van der Waals surface area contributed by atoms with Gasteiger partial charge in [0.2, 0.25) is 0 Å². The van der Waals surface area contributed by atoms with Crippen LogP contribution < -0.4 is 0 Å². The van der Waals surface area contributed by atoms with E-state index >= 15 is 0 Å². The minimum absolute atomic E-state index is 0.0527. The molecule has 0 bridgehead atoms. The number of hydrogen-bond acceptors (Lipinski definition) is 2. The summed E-state index contributed by atoms with van der Waals surface area (Å²) in [4.78, 5) is 12.0. The van der Waals surface area contributed by atoms with Crippen molar-refractivity contribution in [3.8, 4) is 0 Å². The lowest BCUT2D eigenvalue weighted by molar-refractivity contribution is -0.161. The van der Waals surface area contributed by atoms with Crippen molar-refractivity contribution >= 4 is 5.97 Å². The average molecular weight is 210 g/mol. The third kappa shape index (κ3) is 2.35. The molecule has 15 heavy (non-hydrogen) atoms. The van der Waals surface area contributed by atoms with Crippen molar-refractivity contribution in [1.82, 2.24) is 0 Å². The van der Waals surface area contributed by atoms with Gasteiger partial charge in [0.05, 0.1) is 5.92 Å². The Morgan fingerprint density at radius 3 is 2.53 bits per heavy atom. The Balaban J connectivity index is 1.96. The van der Waals surface area contributed by atoms with Gasteiger partial charge in [-0.3, -0.25) is 4.79 Å². The Hall–Kier alpha value is -0.530. The molecule has 0 aromatic rings. The third-order valence-corrected chi connectivity index (χ3v) is 3.79. The van der Waals surface area contributed by atoms with Crippen LogP contribution in [-0.2, 0) is 9.53 Å². The molecule has 0 spiro atoms. The first-order valence-electron chi connectivity index (χ1n) is 6.20. The fourth-order valence-electron chi connectivity index (χ4n) is 3.23. The van der Waals surface area contributed by atoms with Crippen molar-refractivity contribution < 1.29 is 9.53 Å². The van der Waals surface area contributed by atoms with E-state index in [0.29, 0.717) is 5.92 Å². The highest BCUT2D eigenvalue weighted by Gasteiger charge is 2.43. The molecule has 2 rings (SSSR count). The van der Waals surface area contributed by atoms with Gasteiger partial charge in [-0.15, -0.1) is 0 Å². The quantitative estimate of drug-likeness (QED) is 0.621. The molecule has 2 fully saturated rings. The monoisotopic (exact) mass is 210 g/mol. The molecule has 2 nitrogen and oxygen atoms in total. The van der Waals surface area contributed by atoms with Crippen LogP contribution in [0.2, 0.25) is 0 Å². The first-order chi connectivity index (χ1) is 6.97. The van der Waals surface area contributed by atoms with Crippen LogP contribution in [0.1, 0.15) is 52.9 Å². The summed E-state index contributed by atoms with van der Waals surface area (Å²) in [7, 11) is 0. The smallest absolute Gasteiger partial charge is 0.309 e. The van der Waals surface area contributed by atoms with Crippen LogP contribution in [0.4, 0.5) is 0 Å². The summed E-state index contributed by atoms with van der Waals surface area (Å²) in [5.74, 6) is 1.72. The standard InChI is InChI=1S/C13H22O2/c1-13(2,3)15-12(14)11-8-7-9-5-4-6-10(9)11/h9-11H,4-8H2,1-3H3/t9-,10-,11-/m0/s1. The maximum Gasteiger partial charge on any atom is 0.309 e. The minimum atomic E-state index is -0.326. The molecular weight excluding hydrogens is 188 g/mol. The number of hydrogen-bond donors (Lipinski definition) is 0. The molecule has 0 N–H and O–H groups in total. The first kappa shape index (κ1) is 11.0. The van der Waals surface area contributed by atoms with E-state index in [1.54, 1.807) is 0 Å². The molecule has 2 heteroatoms.